The van der Waals surface area contributed by atoms with Gasteiger partial charge in [0.1, 0.15) is 6.61 Å². The van der Waals surface area contributed by atoms with Gasteiger partial charge in [0.2, 0.25) is 0 Å². The molecule has 1 fully saturated rings. The highest BCUT2D eigenvalue weighted by Crippen LogP contribution is 2.26. The van der Waals surface area contributed by atoms with Crippen LogP contribution in [0.15, 0.2) is 18.2 Å². The molecule has 1 heterocycles. The number of hydrogen-bond acceptors (Lipinski definition) is 5. The second-order valence-corrected chi connectivity index (χ2v) is 9.03. The van der Waals surface area contributed by atoms with Crippen LogP contribution in [0.25, 0.3) is 0 Å². The van der Waals surface area contributed by atoms with Crippen LogP contribution in [-0.4, -0.2) is 36.9 Å². The normalized spacial score (nSPS) is 20.4. The maximum Gasteiger partial charge on any atom is 0.316 e. The predicted molar refractivity (Wildman–Crippen MR) is 85.8 cm³/mol. The maximum absolute atomic E-state index is 11.7. The van der Waals surface area contributed by atoms with Crippen molar-refractivity contribution in [3.63, 3.8) is 0 Å². The van der Waals surface area contributed by atoms with Crippen LogP contribution < -0.4 is 0 Å². The third-order valence-corrected chi connectivity index (χ3v) is 7.03. The number of hydrogen-bond donors (Lipinski definition) is 0. The fraction of sp³-hybridized carbons (Fsp3) is 0.462. The molecular weight excluding hydrogens is 355 g/mol. The second-order valence-electron chi connectivity index (χ2n) is 4.70. The summed E-state index contributed by atoms with van der Waals surface area (Å²) in [6.45, 7) is 0.0147. The molecule has 1 aliphatic rings. The van der Waals surface area contributed by atoms with Gasteiger partial charge in [-0.3, -0.25) is 4.79 Å². The lowest BCUT2D eigenvalue weighted by molar-refractivity contribution is -0.141. The molecule has 0 radical (unpaired) electrons. The van der Waals surface area contributed by atoms with Gasteiger partial charge in [-0.05, 0) is 18.6 Å². The Morgan fingerprint density at radius 1 is 1.33 bits per heavy atom. The Morgan fingerprint density at radius 2 is 2.00 bits per heavy atom. The molecule has 1 aliphatic heterocycles. The van der Waals surface area contributed by atoms with Crippen molar-refractivity contribution in [3.05, 3.63) is 33.8 Å². The Bertz CT molecular complexity index is 611. The van der Waals surface area contributed by atoms with Gasteiger partial charge in [0, 0.05) is 20.9 Å². The predicted octanol–water partition coefficient (Wildman–Crippen LogP) is 2.96. The van der Waals surface area contributed by atoms with E-state index in [0.29, 0.717) is 22.0 Å². The third kappa shape index (κ3) is 5.06. The minimum atomic E-state index is -2.92. The summed E-state index contributed by atoms with van der Waals surface area (Å²) < 4.78 is 27.7. The van der Waals surface area contributed by atoms with Crippen LogP contribution in [0, 0.1) is 0 Å². The van der Waals surface area contributed by atoms with Gasteiger partial charge in [0.15, 0.2) is 9.84 Å². The van der Waals surface area contributed by atoms with Crippen LogP contribution in [0.5, 0.6) is 0 Å². The number of esters is 1. The average Bonchev–Trinajstić information content (AvgIpc) is 2.75. The van der Waals surface area contributed by atoms with Gasteiger partial charge in [-0.1, -0.05) is 29.3 Å². The van der Waals surface area contributed by atoms with Crippen molar-refractivity contribution in [1.82, 2.24) is 0 Å². The highest BCUT2D eigenvalue weighted by atomic mass is 35.5. The zero-order valence-corrected chi connectivity index (χ0v) is 14.2. The molecule has 1 saturated heterocycles. The number of sulfone groups is 1. The topological polar surface area (TPSA) is 60.4 Å². The standard InChI is InChI=1S/C13H14Cl2O4S2/c14-11-2-1-3-12(15)10(11)6-19-13(16)7-20-9-4-5-21(17,18)8-9/h1-3,9H,4-8H2. The van der Waals surface area contributed by atoms with E-state index in [9.17, 15) is 13.2 Å². The van der Waals surface area contributed by atoms with Gasteiger partial charge < -0.3 is 4.74 Å². The van der Waals surface area contributed by atoms with E-state index < -0.39 is 15.8 Å². The number of benzene rings is 1. The first-order valence-electron chi connectivity index (χ1n) is 6.28. The molecule has 0 saturated carbocycles. The molecular formula is C13H14Cl2O4S2. The molecule has 0 amide bonds. The van der Waals surface area contributed by atoms with Gasteiger partial charge in [0.25, 0.3) is 0 Å². The summed E-state index contributed by atoms with van der Waals surface area (Å²) in [5, 5.41) is 0.876. The molecule has 0 bridgehead atoms. The van der Waals surface area contributed by atoms with Gasteiger partial charge in [-0.15, -0.1) is 11.8 Å². The SMILES string of the molecule is O=C(CSC1CCS(=O)(=O)C1)OCc1c(Cl)cccc1Cl. The summed E-state index contributed by atoms with van der Waals surface area (Å²) in [4.78, 5) is 11.7. The largest absolute Gasteiger partial charge is 0.460 e. The zero-order chi connectivity index (χ0) is 15.5. The van der Waals surface area contributed by atoms with Crippen LogP contribution in [0.3, 0.4) is 0 Å². The van der Waals surface area contributed by atoms with Gasteiger partial charge in [-0.2, -0.15) is 0 Å². The highest BCUT2D eigenvalue weighted by Gasteiger charge is 2.28. The lowest BCUT2D eigenvalue weighted by Gasteiger charge is -2.10. The minimum Gasteiger partial charge on any atom is -0.460 e. The lowest BCUT2D eigenvalue weighted by Crippen LogP contribution is -2.13. The quantitative estimate of drug-likeness (QED) is 0.747. The van der Waals surface area contributed by atoms with Crippen molar-refractivity contribution in [2.75, 3.05) is 17.3 Å². The first kappa shape index (κ1) is 16.9. The van der Waals surface area contributed by atoms with Crippen molar-refractivity contribution < 1.29 is 17.9 Å². The molecule has 0 N–H and O–H groups in total. The Balaban J connectivity index is 1.78. The molecule has 4 nitrogen and oxygen atoms in total. The molecule has 0 spiro atoms. The minimum absolute atomic E-state index is 0.0147. The molecule has 1 unspecified atom stereocenters. The van der Waals surface area contributed by atoms with E-state index >= 15 is 0 Å². The monoisotopic (exact) mass is 368 g/mol. The van der Waals surface area contributed by atoms with E-state index in [2.05, 4.69) is 0 Å². The second kappa shape index (κ2) is 7.22. The van der Waals surface area contributed by atoms with Gasteiger partial charge in [0.05, 0.1) is 17.3 Å². The van der Waals surface area contributed by atoms with Crippen molar-refractivity contribution in [1.29, 1.82) is 0 Å². The number of rotatable bonds is 5. The van der Waals surface area contributed by atoms with E-state index in [1.807, 2.05) is 0 Å². The number of carbonyl (C=O) groups is 1. The Hall–Kier alpha value is -0.430. The summed E-state index contributed by atoms with van der Waals surface area (Å²) in [5.41, 5.74) is 0.572. The van der Waals surface area contributed by atoms with Crippen molar-refractivity contribution >= 4 is 50.8 Å². The van der Waals surface area contributed by atoms with Crippen molar-refractivity contribution in [2.24, 2.45) is 0 Å². The molecule has 21 heavy (non-hydrogen) atoms. The number of halogens is 2. The number of carbonyl (C=O) groups excluding carboxylic acids is 1. The van der Waals surface area contributed by atoms with E-state index in [-0.39, 0.29) is 29.1 Å². The van der Waals surface area contributed by atoms with E-state index in [4.69, 9.17) is 27.9 Å². The van der Waals surface area contributed by atoms with Gasteiger partial charge in [-0.25, -0.2) is 8.42 Å². The van der Waals surface area contributed by atoms with E-state index in [0.717, 1.165) is 0 Å². The first-order valence-corrected chi connectivity index (χ1v) is 9.90. The highest BCUT2D eigenvalue weighted by molar-refractivity contribution is 8.02. The summed E-state index contributed by atoms with van der Waals surface area (Å²) in [5.74, 6) is 0.0682. The lowest BCUT2D eigenvalue weighted by atomic mass is 10.2. The Kier molecular flexibility index (Phi) is 5.82. The maximum atomic E-state index is 11.7. The number of thioether (sulfide) groups is 1. The molecule has 1 aromatic rings. The van der Waals surface area contributed by atoms with Gasteiger partial charge >= 0.3 is 5.97 Å². The Morgan fingerprint density at radius 3 is 2.57 bits per heavy atom. The molecule has 8 heteroatoms. The van der Waals surface area contributed by atoms with Crippen LogP contribution >= 0.6 is 35.0 Å². The fourth-order valence-corrected chi connectivity index (χ4v) is 5.89. The molecule has 0 aromatic heterocycles. The van der Waals surface area contributed by atoms with Crippen molar-refractivity contribution in [3.8, 4) is 0 Å². The summed E-state index contributed by atoms with van der Waals surface area (Å²) in [6, 6.07) is 5.07. The fourth-order valence-electron chi connectivity index (χ4n) is 1.94. The molecule has 1 atom stereocenters. The summed E-state index contributed by atoms with van der Waals surface area (Å²) >= 11 is 13.3. The Labute approximate surface area is 138 Å². The zero-order valence-electron chi connectivity index (χ0n) is 11.1. The van der Waals surface area contributed by atoms with Crippen LogP contribution in [0.1, 0.15) is 12.0 Å². The third-order valence-electron chi connectivity index (χ3n) is 3.07. The van der Waals surface area contributed by atoms with Crippen LogP contribution in [-0.2, 0) is 26.0 Å². The molecule has 0 aliphatic carbocycles. The smallest absolute Gasteiger partial charge is 0.316 e. The van der Waals surface area contributed by atoms with Crippen LogP contribution in [0.2, 0.25) is 10.0 Å². The summed E-state index contributed by atoms with van der Waals surface area (Å²) in [7, 11) is -2.92. The summed E-state index contributed by atoms with van der Waals surface area (Å²) in [6.07, 6.45) is 0.594. The van der Waals surface area contributed by atoms with Crippen LogP contribution in [0.4, 0.5) is 0 Å². The number of ether oxygens (including phenoxy) is 1. The average molecular weight is 369 g/mol. The van der Waals surface area contributed by atoms with Crippen molar-refractivity contribution in [2.45, 2.75) is 18.3 Å². The molecule has 2 rings (SSSR count). The van der Waals surface area contributed by atoms with E-state index in [1.165, 1.54) is 11.8 Å². The van der Waals surface area contributed by atoms with E-state index in [1.54, 1.807) is 18.2 Å². The first-order chi connectivity index (χ1) is 9.87. The molecule has 1 aromatic carbocycles. The molecule has 116 valence electrons.